The highest BCUT2D eigenvalue weighted by atomic mass is 32.2. The van der Waals surface area contributed by atoms with Crippen molar-refractivity contribution in [3.05, 3.63) is 10.6 Å². The van der Waals surface area contributed by atoms with Gasteiger partial charge in [0.15, 0.2) is 0 Å². The molecule has 2 unspecified atom stereocenters. The van der Waals surface area contributed by atoms with Crippen LogP contribution >= 0.6 is 11.8 Å². The van der Waals surface area contributed by atoms with Gasteiger partial charge < -0.3 is 20.4 Å². The molecule has 0 aromatic heterocycles. The minimum Gasteiger partial charge on any atom is -0.477 e. The molecule has 3 aliphatic rings. The van der Waals surface area contributed by atoms with Gasteiger partial charge in [-0.05, 0) is 20.3 Å². The maximum absolute atomic E-state index is 12.4. The van der Waals surface area contributed by atoms with Crippen molar-refractivity contribution in [1.82, 2.24) is 15.1 Å². The lowest BCUT2D eigenvalue weighted by atomic mass is 9.71. The minimum atomic E-state index is -1.12. The Hall–Kier alpha value is -1.58. The Kier molecular flexibility index (Phi) is 4.83. The molecule has 0 aromatic rings. The molecule has 0 aliphatic carbocycles. The number of hydrogen-bond acceptors (Lipinski definition) is 6. The van der Waals surface area contributed by atoms with Crippen LogP contribution in [0.15, 0.2) is 10.6 Å². The van der Waals surface area contributed by atoms with Crippen molar-refractivity contribution in [2.75, 3.05) is 20.6 Å². The number of carboxylic acid groups (broad SMARTS) is 1. The number of carbonyl (C=O) groups excluding carboxylic acids is 2. The molecule has 26 heavy (non-hydrogen) atoms. The molecule has 0 radical (unpaired) electrons. The monoisotopic (exact) mass is 383 g/mol. The smallest absolute Gasteiger partial charge is 0.353 e. The second-order valence-electron chi connectivity index (χ2n) is 7.67. The number of rotatable bonds is 5. The van der Waals surface area contributed by atoms with Crippen LogP contribution in [0, 0.1) is 5.92 Å². The summed E-state index contributed by atoms with van der Waals surface area (Å²) in [6, 6.07) is -0.266. The van der Waals surface area contributed by atoms with Crippen LogP contribution < -0.4 is 5.32 Å². The number of carboxylic acids is 1. The topological polar surface area (TPSA) is 110 Å². The number of aliphatic hydroxyl groups is 1. The maximum atomic E-state index is 12.4. The van der Waals surface area contributed by atoms with Crippen LogP contribution in [0.5, 0.6) is 0 Å². The number of thioether (sulfide) groups is 1. The average molecular weight is 383 g/mol. The van der Waals surface area contributed by atoms with Gasteiger partial charge in [-0.3, -0.25) is 14.5 Å². The number of nitrogens with one attached hydrogen (secondary N) is 1. The van der Waals surface area contributed by atoms with Gasteiger partial charge in [0.1, 0.15) is 5.70 Å². The first-order chi connectivity index (χ1) is 12.1. The number of amides is 2. The molecule has 3 N–H and O–H groups in total. The molecule has 3 heterocycles. The SMILES string of the molecule is CC(O)[C@H]1C(=O)N2C(C(=O)O)=C(S[C@@H]3CN[C@H](C(=O)N(C)C)C3)CC12C. The molecule has 144 valence electrons. The highest BCUT2D eigenvalue weighted by molar-refractivity contribution is 8.03. The van der Waals surface area contributed by atoms with E-state index >= 15 is 0 Å². The van der Waals surface area contributed by atoms with Crippen molar-refractivity contribution < 1.29 is 24.6 Å². The molecule has 2 saturated heterocycles. The lowest BCUT2D eigenvalue weighted by Crippen LogP contribution is -2.69. The summed E-state index contributed by atoms with van der Waals surface area (Å²) in [4.78, 5) is 39.8. The summed E-state index contributed by atoms with van der Waals surface area (Å²) in [5, 5.41) is 22.8. The van der Waals surface area contributed by atoms with Gasteiger partial charge in [-0.15, -0.1) is 11.8 Å². The first-order valence-electron chi connectivity index (χ1n) is 8.67. The van der Waals surface area contributed by atoms with Crippen molar-refractivity contribution in [2.24, 2.45) is 5.92 Å². The number of aliphatic hydroxyl groups excluding tert-OH is 1. The molecule has 2 amide bonds. The predicted molar refractivity (Wildman–Crippen MR) is 96.2 cm³/mol. The molecule has 3 aliphatic heterocycles. The summed E-state index contributed by atoms with van der Waals surface area (Å²) in [5.74, 6) is -2.03. The first-order valence-corrected chi connectivity index (χ1v) is 9.55. The normalized spacial score (nSPS) is 34.6. The van der Waals surface area contributed by atoms with Crippen LogP contribution in [-0.4, -0.2) is 81.4 Å². The zero-order chi connectivity index (χ0) is 19.4. The predicted octanol–water partition coefficient (Wildman–Crippen LogP) is -0.164. The van der Waals surface area contributed by atoms with Crippen LogP contribution in [0.25, 0.3) is 0 Å². The van der Waals surface area contributed by atoms with Crippen LogP contribution in [0.1, 0.15) is 26.7 Å². The van der Waals surface area contributed by atoms with Gasteiger partial charge in [0.2, 0.25) is 11.8 Å². The molecule has 0 aromatic carbocycles. The van der Waals surface area contributed by atoms with Gasteiger partial charge in [-0.2, -0.15) is 0 Å². The number of aliphatic carboxylic acids is 1. The fourth-order valence-corrected chi connectivity index (χ4v) is 5.89. The van der Waals surface area contributed by atoms with E-state index in [0.717, 1.165) is 0 Å². The fraction of sp³-hybridized carbons (Fsp3) is 0.706. The van der Waals surface area contributed by atoms with E-state index in [0.29, 0.717) is 24.3 Å². The summed E-state index contributed by atoms with van der Waals surface area (Å²) in [6.07, 6.45) is 0.213. The van der Waals surface area contributed by atoms with E-state index in [4.69, 9.17) is 0 Å². The molecular weight excluding hydrogens is 358 g/mol. The standard InChI is InChI=1S/C17H25N3O5S/c1-8(21)12-15(23)20-13(16(24)25)11(6-17(12,20)2)26-9-5-10(18-7-9)14(22)19(3)4/h8-10,12,18,21H,5-7H2,1-4H3,(H,24,25)/t8?,9-,10-,12-,17?/m0/s1. The third kappa shape index (κ3) is 2.82. The number of fused-ring (bicyclic) bond motifs is 1. The van der Waals surface area contributed by atoms with Gasteiger partial charge in [0.25, 0.3) is 0 Å². The minimum absolute atomic E-state index is 0.00656. The highest BCUT2D eigenvalue weighted by Crippen LogP contribution is 2.55. The van der Waals surface area contributed by atoms with Gasteiger partial charge in [0.05, 0.1) is 23.6 Å². The Morgan fingerprint density at radius 2 is 2.08 bits per heavy atom. The fourth-order valence-electron chi connectivity index (χ4n) is 4.35. The van der Waals surface area contributed by atoms with Crippen LogP contribution in [0.3, 0.4) is 0 Å². The first kappa shape index (κ1) is 19.2. The van der Waals surface area contributed by atoms with Gasteiger partial charge in [0, 0.05) is 37.2 Å². The van der Waals surface area contributed by atoms with E-state index in [1.807, 2.05) is 6.92 Å². The summed E-state index contributed by atoms with van der Waals surface area (Å²) in [7, 11) is 3.42. The van der Waals surface area contributed by atoms with Crippen molar-refractivity contribution in [3.8, 4) is 0 Å². The van der Waals surface area contributed by atoms with Crippen molar-refractivity contribution in [1.29, 1.82) is 0 Å². The van der Waals surface area contributed by atoms with E-state index < -0.39 is 23.5 Å². The summed E-state index contributed by atoms with van der Waals surface area (Å²) in [6.45, 7) is 4.00. The third-order valence-corrected chi connectivity index (χ3v) is 6.81. The molecule has 2 fully saturated rings. The van der Waals surface area contributed by atoms with Gasteiger partial charge >= 0.3 is 5.97 Å². The van der Waals surface area contributed by atoms with E-state index in [2.05, 4.69) is 5.32 Å². The molecule has 8 nitrogen and oxygen atoms in total. The molecule has 9 heteroatoms. The van der Waals surface area contributed by atoms with Crippen LogP contribution in [-0.2, 0) is 14.4 Å². The molecule has 5 atom stereocenters. The number of hydrogen-bond donors (Lipinski definition) is 3. The van der Waals surface area contributed by atoms with E-state index in [1.165, 1.54) is 16.7 Å². The molecule has 0 saturated carbocycles. The number of β-lactam (4-membered cyclic amide) rings is 1. The second-order valence-corrected chi connectivity index (χ2v) is 9.07. The van der Waals surface area contributed by atoms with Crippen molar-refractivity contribution >= 4 is 29.5 Å². The van der Waals surface area contributed by atoms with Crippen molar-refractivity contribution in [3.63, 3.8) is 0 Å². The molecular formula is C17H25N3O5S. The number of likely N-dealkylation sites (N-methyl/N-ethyl adjacent to an activating group) is 1. The lowest BCUT2D eigenvalue weighted by molar-refractivity contribution is -0.173. The second kappa shape index (κ2) is 6.54. The number of nitrogens with zero attached hydrogens (tertiary/aromatic N) is 2. The lowest BCUT2D eigenvalue weighted by Gasteiger charge is -2.53. The highest BCUT2D eigenvalue weighted by Gasteiger charge is 2.65. The quantitative estimate of drug-likeness (QED) is 0.566. The zero-order valence-electron chi connectivity index (χ0n) is 15.4. The zero-order valence-corrected chi connectivity index (χ0v) is 16.2. The van der Waals surface area contributed by atoms with Crippen LogP contribution in [0.4, 0.5) is 0 Å². The Morgan fingerprint density at radius 3 is 2.62 bits per heavy atom. The maximum Gasteiger partial charge on any atom is 0.353 e. The molecule has 0 bridgehead atoms. The van der Waals surface area contributed by atoms with Gasteiger partial charge in [-0.25, -0.2) is 4.79 Å². The summed E-state index contributed by atoms with van der Waals surface area (Å²) < 4.78 is 0. The summed E-state index contributed by atoms with van der Waals surface area (Å²) in [5.41, 5.74) is -0.659. The van der Waals surface area contributed by atoms with Crippen LogP contribution in [0.2, 0.25) is 0 Å². The molecule has 3 rings (SSSR count). The largest absolute Gasteiger partial charge is 0.477 e. The van der Waals surface area contributed by atoms with Crippen molar-refractivity contribution in [2.45, 2.75) is 49.6 Å². The third-order valence-electron chi connectivity index (χ3n) is 5.50. The average Bonchev–Trinajstić information content (AvgIpc) is 3.07. The van der Waals surface area contributed by atoms with Gasteiger partial charge in [-0.1, -0.05) is 0 Å². The van der Waals surface area contributed by atoms with E-state index in [9.17, 15) is 24.6 Å². The Bertz CT molecular complexity index is 692. The van der Waals surface area contributed by atoms with E-state index in [1.54, 1.807) is 25.9 Å². The summed E-state index contributed by atoms with van der Waals surface area (Å²) >= 11 is 1.44. The Morgan fingerprint density at radius 1 is 1.42 bits per heavy atom. The van der Waals surface area contributed by atoms with E-state index in [-0.39, 0.29) is 28.8 Å². The Balaban J connectivity index is 1.77. The molecule has 0 spiro atoms. The Labute approximate surface area is 156 Å². The number of carbonyl (C=O) groups is 3.